The first-order chi connectivity index (χ1) is 10.7. The van der Waals surface area contributed by atoms with Crippen LogP contribution in [0.1, 0.15) is 19.3 Å². The third-order valence-electron chi connectivity index (χ3n) is 3.93. The van der Waals surface area contributed by atoms with Crippen LogP contribution < -0.4 is 9.64 Å². The third-order valence-corrected chi connectivity index (χ3v) is 3.93. The van der Waals surface area contributed by atoms with Gasteiger partial charge in [0.25, 0.3) is 0 Å². The Labute approximate surface area is 130 Å². The van der Waals surface area contributed by atoms with Gasteiger partial charge in [0.2, 0.25) is 0 Å². The maximum atomic E-state index is 10.9. The van der Waals surface area contributed by atoms with Crippen molar-refractivity contribution >= 4 is 11.7 Å². The minimum Gasteiger partial charge on any atom is -0.481 e. The fourth-order valence-electron chi connectivity index (χ4n) is 2.92. The van der Waals surface area contributed by atoms with Crippen molar-refractivity contribution < 1.29 is 14.6 Å². The van der Waals surface area contributed by atoms with Crippen LogP contribution in [0.25, 0.3) is 0 Å². The predicted molar refractivity (Wildman–Crippen MR) is 85.6 cm³/mol. The first kappa shape index (κ1) is 14.4. The molecule has 1 aliphatic rings. The van der Waals surface area contributed by atoms with Gasteiger partial charge >= 0.3 is 5.97 Å². The SMILES string of the molecule is O=C(O)C[C@@H]1CCCN1c1ccc(Oc2ccccc2)cc1. The van der Waals surface area contributed by atoms with E-state index in [1.165, 1.54) is 0 Å². The van der Waals surface area contributed by atoms with E-state index in [1.54, 1.807) is 0 Å². The number of nitrogens with zero attached hydrogens (tertiary/aromatic N) is 1. The summed E-state index contributed by atoms with van der Waals surface area (Å²) in [5, 5.41) is 9.00. The fraction of sp³-hybridized carbons (Fsp3) is 0.278. The summed E-state index contributed by atoms with van der Waals surface area (Å²) in [7, 11) is 0. The standard InChI is InChI=1S/C18H19NO3/c20-18(21)13-15-5-4-12-19(15)14-8-10-17(11-9-14)22-16-6-2-1-3-7-16/h1-3,6-11,15H,4-5,12-13H2,(H,20,21)/t15-/m0/s1. The molecule has 0 saturated carbocycles. The van der Waals surface area contributed by atoms with E-state index in [-0.39, 0.29) is 12.5 Å². The number of carbonyl (C=O) groups is 1. The molecule has 1 saturated heterocycles. The highest BCUT2D eigenvalue weighted by atomic mass is 16.5. The van der Waals surface area contributed by atoms with Crippen LogP contribution in [-0.4, -0.2) is 23.7 Å². The average molecular weight is 297 g/mol. The number of aliphatic carboxylic acids is 1. The van der Waals surface area contributed by atoms with E-state index < -0.39 is 5.97 Å². The summed E-state index contributed by atoms with van der Waals surface area (Å²) in [5.74, 6) is 0.852. The van der Waals surface area contributed by atoms with Crippen molar-refractivity contribution in [2.24, 2.45) is 0 Å². The molecule has 0 aliphatic carbocycles. The highest BCUT2D eigenvalue weighted by molar-refractivity contribution is 5.69. The molecule has 3 rings (SSSR count). The number of hydrogen-bond acceptors (Lipinski definition) is 3. The van der Waals surface area contributed by atoms with Crippen LogP contribution in [0.4, 0.5) is 5.69 Å². The summed E-state index contributed by atoms with van der Waals surface area (Å²) in [6.45, 7) is 0.914. The molecule has 1 aliphatic heterocycles. The first-order valence-corrected chi connectivity index (χ1v) is 7.54. The van der Waals surface area contributed by atoms with Crippen molar-refractivity contribution in [3.05, 3.63) is 54.6 Å². The van der Waals surface area contributed by atoms with Crippen LogP contribution in [0, 0.1) is 0 Å². The van der Waals surface area contributed by atoms with Crippen LogP contribution in [0.5, 0.6) is 11.5 Å². The van der Waals surface area contributed by atoms with Gasteiger partial charge in [-0.15, -0.1) is 0 Å². The van der Waals surface area contributed by atoms with Gasteiger partial charge in [-0.1, -0.05) is 18.2 Å². The number of carboxylic acid groups (broad SMARTS) is 1. The third kappa shape index (κ3) is 3.39. The predicted octanol–water partition coefficient (Wildman–Crippen LogP) is 3.92. The van der Waals surface area contributed by atoms with Gasteiger partial charge in [0.05, 0.1) is 6.42 Å². The molecule has 0 aromatic heterocycles. The molecule has 1 heterocycles. The maximum absolute atomic E-state index is 10.9. The molecule has 0 bridgehead atoms. The molecule has 4 heteroatoms. The van der Waals surface area contributed by atoms with Gasteiger partial charge in [0, 0.05) is 18.3 Å². The second kappa shape index (κ2) is 6.52. The Kier molecular flexibility index (Phi) is 4.28. The molecule has 0 radical (unpaired) electrons. The summed E-state index contributed by atoms with van der Waals surface area (Å²) < 4.78 is 5.77. The van der Waals surface area contributed by atoms with E-state index >= 15 is 0 Å². The lowest BCUT2D eigenvalue weighted by atomic mass is 10.1. The van der Waals surface area contributed by atoms with Crippen LogP contribution in [-0.2, 0) is 4.79 Å². The summed E-state index contributed by atoms with van der Waals surface area (Å²) >= 11 is 0. The number of carboxylic acids is 1. The Hall–Kier alpha value is -2.49. The van der Waals surface area contributed by atoms with Crippen molar-refractivity contribution in [1.29, 1.82) is 0 Å². The molecule has 2 aromatic rings. The van der Waals surface area contributed by atoms with Crippen LogP contribution in [0.15, 0.2) is 54.6 Å². The summed E-state index contributed by atoms with van der Waals surface area (Å²) in [4.78, 5) is 13.1. The molecule has 4 nitrogen and oxygen atoms in total. The van der Waals surface area contributed by atoms with E-state index in [9.17, 15) is 4.79 Å². The second-order valence-electron chi connectivity index (χ2n) is 5.50. The lowest BCUT2D eigenvalue weighted by molar-refractivity contribution is -0.137. The normalized spacial score (nSPS) is 17.5. The van der Waals surface area contributed by atoms with Gasteiger partial charge in [0.15, 0.2) is 0 Å². The highest BCUT2D eigenvalue weighted by Crippen LogP contribution is 2.30. The largest absolute Gasteiger partial charge is 0.481 e. The van der Waals surface area contributed by atoms with Crippen molar-refractivity contribution in [2.45, 2.75) is 25.3 Å². The van der Waals surface area contributed by atoms with Crippen molar-refractivity contribution in [2.75, 3.05) is 11.4 Å². The van der Waals surface area contributed by atoms with Gasteiger partial charge in [-0.2, -0.15) is 0 Å². The van der Waals surface area contributed by atoms with Crippen molar-refractivity contribution in [3.8, 4) is 11.5 Å². The monoisotopic (exact) mass is 297 g/mol. The quantitative estimate of drug-likeness (QED) is 0.908. The number of anilines is 1. The van der Waals surface area contributed by atoms with E-state index in [1.807, 2.05) is 54.6 Å². The van der Waals surface area contributed by atoms with Crippen LogP contribution >= 0.6 is 0 Å². The number of hydrogen-bond donors (Lipinski definition) is 1. The van der Waals surface area contributed by atoms with Gasteiger partial charge in [-0.3, -0.25) is 4.79 Å². The van der Waals surface area contributed by atoms with Crippen LogP contribution in [0.2, 0.25) is 0 Å². The van der Waals surface area contributed by atoms with Gasteiger partial charge in [-0.25, -0.2) is 0 Å². The highest BCUT2D eigenvalue weighted by Gasteiger charge is 2.26. The molecule has 1 fully saturated rings. The van der Waals surface area contributed by atoms with Crippen molar-refractivity contribution in [1.82, 2.24) is 0 Å². The minimum atomic E-state index is -0.735. The Bertz CT molecular complexity index is 625. The molecule has 0 amide bonds. The van der Waals surface area contributed by atoms with E-state index in [0.717, 1.165) is 36.6 Å². The fourth-order valence-corrected chi connectivity index (χ4v) is 2.92. The first-order valence-electron chi connectivity index (χ1n) is 7.54. The molecule has 22 heavy (non-hydrogen) atoms. The topological polar surface area (TPSA) is 49.8 Å². The molecule has 1 atom stereocenters. The average Bonchev–Trinajstić information content (AvgIpc) is 2.96. The van der Waals surface area contributed by atoms with Gasteiger partial charge in [0.1, 0.15) is 11.5 Å². The molecule has 1 N–H and O–H groups in total. The molecular weight excluding hydrogens is 278 g/mol. The molecule has 0 unspecified atom stereocenters. The Balaban J connectivity index is 1.70. The summed E-state index contributed by atoms with van der Waals surface area (Å²) in [6, 6.07) is 17.6. The second-order valence-corrected chi connectivity index (χ2v) is 5.50. The zero-order valence-corrected chi connectivity index (χ0v) is 12.3. The smallest absolute Gasteiger partial charge is 0.305 e. The van der Waals surface area contributed by atoms with Gasteiger partial charge in [-0.05, 0) is 49.2 Å². The number of benzene rings is 2. The lowest BCUT2D eigenvalue weighted by Crippen LogP contribution is -2.31. The van der Waals surface area contributed by atoms with E-state index in [0.29, 0.717) is 0 Å². The number of para-hydroxylation sites is 1. The Morgan fingerprint density at radius 3 is 2.45 bits per heavy atom. The molecule has 0 spiro atoms. The lowest BCUT2D eigenvalue weighted by Gasteiger charge is -2.25. The summed E-state index contributed by atoms with van der Waals surface area (Å²) in [6.07, 6.45) is 2.18. The molecular formula is C18H19NO3. The number of ether oxygens (including phenoxy) is 1. The number of rotatable bonds is 5. The summed E-state index contributed by atoms with van der Waals surface area (Å²) in [5.41, 5.74) is 1.06. The molecule has 114 valence electrons. The Morgan fingerprint density at radius 2 is 1.77 bits per heavy atom. The molecule has 2 aromatic carbocycles. The Morgan fingerprint density at radius 1 is 1.09 bits per heavy atom. The van der Waals surface area contributed by atoms with Crippen molar-refractivity contribution in [3.63, 3.8) is 0 Å². The van der Waals surface area contributed by atoms with E-state index in [2.05, 4.69) is 4.90 Å². The zero-order valence-electron chi connectivity index (χ0n) is 12.3. The van der Waals surface area contributed by atoms with Gasteiger partial charge < -0.3 is 14.7 Å². The zero-order chi connectivity index (χ0) is 15.4. The van der Waals surface area contributed by atoms with Crippen LogP contribution in [0.3, 0.4) is 0 Å². The maximum Gasteiger partial charge on any atom is 0.305 e. The van der Waals surface area contributed by atoms with E-state index in [4.69, 9.17) is 9.84 Å². The minimum absolute atomic E-state index is 0.0957.